The largest absolute Gasteiger partial charge is 0.456 e. The maximum atomic E-state index is 12.9. The van der Waals surface area contributed by atoms with Gasteiger partial charge in [-0.05, 0) is 40.8 Å². The summed E-state index contributed by atoms with van der Waals surface area (Å²) < 4.78 is 33.0. The molecule has 1 aromatic carbocycles. The van der Waals surface area contributed by atoms with Crippen LogP contribution in [0, 0.1) is 3.57 Å². The lowest BCUT2D eigenvalue weighted by Gasteiger charge is -2.03. The van der Waals surface area contributed by atoms with Crippen LogP contribution >= 0.6 is 22.6 Å². The summed E-state index contributed by atoms with van der Waals surface area (Å²) in [6, 6.07) is 5.47. The number of halogens is 3. The summed E-state index contributed by atoms with van der Waals surface area (Å²) in [6.45, 7) is -0.287. The first kappa shape index (κ1) is 15.8. The van der Waals surface area contributed by atoms with Crippen LogP contribution < -0.4 is 0 Å². The molecule has 0 unspecified atom stereocenters. The quantitative estimate of drug-likeness (QED) is 0.508. The van der Waals surface area contributed by atoms with Gasteiger partial charge < -0.3 is 4.74 Å². The van der Waals surface area contributed by atoms with Gasteiger partial charge in [0.25, 0.3) is 6.43 Å². The summed E-state index contributed by atoms with van der Waals surface area (Å²) in [5.74, 6) is -0.678. The Balaban J connectivity index is 1.80. The number of alkyl halides is 2. The Morgan fingerprint density at radius 2 is 2.26 bits per heavy atom. The molecular formula is C14H11F2IN4O2. The van der Waals surface area contributed by atoms with Crippen molar-refractivity contribution in [2.45, 2.75) is 13.0 Å². The highest BCUT2D eigenvalue weighted by Gasteiger charge is 2.21. The zero-order valence-corrected chi connectivity index (χ0v) is 14.0. The molecule has 0 bridgehead atoms. The summed E-state index contributed by atoms with van der Waals surface area (Å²) in [5.41, 5.74) is 0.611. The van der Waals surface area contributed by atoms with Crippen LogP contribution in [-0.4, -0.2) is 25.9 Å². The van der Waals surface area contributed by atoms with Gasteiger partial charge in [-0.1, -0.05) is 0 Å². The number of nitrogens with one attached hydrogen (secondary N) is 1. The Morgan fingerprint density at radius 3 is 3.00 bits per heavy atom. The number of aromatic nitrogens is 4. The molecular weight excluding hydrogens is 421 g/mol. The van der Waals surface area contributed by atoms with E-state index in [1.807, 2.05) is 6.07 Å². The van der Waals surface area contributed by atoms with Gasteiger partial charge in [-0.15, -0.1) is 0 Å². The summed E-state index contributed by atoms with van der Waals surface area (Å²) >= 11 is 2.12. The summed E-state index contributed by atoms with van der Waals surface area (Å²) in [7, 11) is 1.53. The number of ether oxygens (including phenoxy) is 1. The fourth-order valence-electron chi connectivity index (χ4n) is 2.20. The normalized spacial score (nSPS) is 11.3. The summed E-state index contributed by atoms with van der Waals surface area (Å²) in [6.07, 6.45) is -1.32. The number of nitrogens with zero attached hydrogens (tertiary/aromatic N) is 3. The zero-order chi connectivity index (χ0) is 16.6. The lowest BCUT2D eigenvalue weighted by molar-refractivity contribution is 0.0460. The molecule has 0 atom stereocenters. The second-order valence-electron chi connectivity index (χ2n) is 4.85. The average Bonchev–Trinajstić information content (AvgIpc) is 3.07. The van der Waals surface area contributed by atoms with Gasteiger partial charge in [0.15, 0.2) is 5.69 Å². The summed E-state index contributed by atoms with van der Waals surface area (Å²) in [4.78, 5) is 12.2. The molecule has 0 aliphatic carbocycles. The van der Waals surface area contributed by atoms with Gasteiger partial charge in [-0.2, -0.15) is 10.2 Å². The van der Waals surface area contributed by atoms with Gasteiger partial charge in [-0.25, -0.2) is 13.6 Å². The van der Waals surface area contributed by atoms with Crippen molar-refractivity contribution < 1.29 is 18.3 Å². The summed E-state index contributed by atoms with van der Waals surface area (Å²) in [5, 5.41) is 11.0. The third-order valence-corrected chi connectivity index (χ3v) is 3.89. The minimum absolute atomic E-state index is 0.126. The second kappa shape index (κ2) is 6.22. The van der Waals surface area contributed by atoms with E-state index in [2.05, 4.69) is 37.9 Å². The fraction of sp³-hybridized carbons (Fsp3) is 0.214. The highest BCUT2D eigenvalue weighted by atomic mass is 127. The number of carbonyl (C=O) groups excluding carboxylic acids is 1. The third-order valence-electron chi connectivity index (χ3n) is 3.22. The molecule has 3 rings (SSSR count). The molecule has 2 heterocycles. The zero-order valence-electron chi connectivity index (χ0n) is 11.9. The van der Waals surface area contributed by atoms with Crippen molar-refractivity contribution in [1.29, 1.82) is 0 Å². The Kier molecular flexibility index (Phi) is 4.28. The first-order valence-electron chi connectivity index (χ1n) is 6.57. The Labute approximate surface area is 143 Å². The smallest absolute Gasteiger partial charge is 0.359 e. The Morgan fingerprint density at radius 1 is 1.48 bits per heavy atom. The molecule has 9 heteroatoms. The molecule has 0 amide bonds. The maximum absolute atomic E-state index is 12.9. The van der Waals surface area contributed by atoms with Crippen molar-refractivity contribution >= 4 is 39.5 Å². The van der Waals surface area contributed by atoms with E-state index in [4.69, 9.17) is 4.74 Å². The van der Waals surface area contributed by atoms with Crippen molar-refractivity contribution in [3.8, 4) is 0 Å². The van der Waals surface area contributed by atoms with Crippen molar-refractivity contribution in [3.05, 3.63) is 44.9 Å². The Bertz CT molecular complexity index is 875. The molecule has 3 aromatic rings. The van der Waals surface area contributed by atoms with E-state index >= 15 is 0 Å². The second-order valence-corrected chi connectivity index (χ2v) is 6.10. The molecule has 2 aromatic heterocycles. The molecule has 0 saturated heterocycles. The van der Waals surface area contributed by atoms with Gasteiger partial charge in [0.2, 0.25) is 0 Å². The highest BCUT2D eigenvalue weighted by Crippen LogP contribution is 2.23. The lowest BCUT2D eigenvalue weighted by Crippen LogP contribution is -2.07. The average molecular weight is 432 g/mol. The van der Waals surface area contributed by atoms with E-state index in [0.29, 0.717) is 10.9 Å². The number of hydrogen-bond donors (Lipinski definition) is 1. The van der Waals surface area contributed by atoms with Crippen LogP contribution in [-0.2, 0) is 18.4 Å². The van der Waals surface area contributed by atoms with Crippen LogP contribution in [0.4, 0.5) is 8.78 Å². The predicted molar refractivity (Wildman–Crippen MR) is 86.1 cm³/mol. The lowest BCUT2D eigenvalue weighted by atomic mass is 10.2. The van der Waals surface area contributed by atoms with Gasteiger partial charge in [0, 0.05) is 27.8 Å². The van der Waals surface area contributed by atoms with Gasteiger partial charge in [0.1, 0.15) is 12.3 Å². The molecule has 6 nitrogen and oxygen atoms in total. The third kappa shape index (κ3) is 3.19. The van der Waals surface area contributed by atoms with E-state index in [0.717, 1.165) is 3.57 Å². The molecule has 0 spiro atoms. The van der Waals surface area contributed by atoms with Crippen LogP contribution in [0.3, 0.4) is 0 Å². The first-order valence-corrected chi connectivity index (χ1v) is 7.65. The van der Waals surface area contributed by atoms with Crippen LogP contribution in [0.15, 0.2) is 24.4 Å². The van der Waals surface area contributed by atoms with E-state index in [-0.39, 0.29) is 23.6 Å². The number of aromatic amines is 1. The van der Waals surface area contributed by atoms with Crippen molar-refractivity contribution in [2.24, 2.45) is 7.05 Å². The fourth-order valence-corrected chi connectivity index (χ4v) is 2.69. The van der Waals surface area contributed by atoms with Crippen molar-refractivity contribution in [2.75, 3.05) is 0 Å². The molecule has 1 N–H and O–H groups in total. The van der Waals surface area contributed by atoms with Crippen LogP contribution in [0.2, 0.25) is 0 Å². The number of H-pyrrole nitrogens is 1. The number of aryl methyl sites for hydroxylation is 1. The van der Waals surface area contributed by atoms with Crippen molar-refractivity contribution in [1.82, 2.24) is 20.0 Å². The number of carbonyl (C=O) groups is 1. The molecule has 0 fully saturated rings. The molecule has 0 radical (unpaired) electrons. The maximum Gasteiger partial charge on any atom is 0.359 e. The van der Waals surface area contributed by atoms with E-state index < -0.39 is 12.4 Å². The minimum Gasteiger partial charge on any atom is -0.456 e. The molecule has 120 valence electrons. The van der Waals surface area contributed by atoms with Crippen LogP contribution in [0.5, 0.6) is 0 Å². The highest BCUT2D eigenvalue weighted by molar-refractivity contribution is 14.1. The van der Waals surface area contributed by atoms with Crippen LogP contribution in [0.1, 0.15) is 28.2 Å². The van der Waals surface area contributed by atoms with Crippen molar-refractivity contribution in [3.63, 3.8) is 0 Å². The number of esters is 1. The predicted octanol–water partition coefficient (Wildman–Crippen LogP) is 3.20. The molecule has 0 aliphatic heterocycles. The van der Waals surface area contributed by atoms with E-state index in [9.17, 15) is 13.6 Å². The monoisotopic (exact) mass is 432 g/mol. The minimum atomic E-state index is -2.72. The molecule has 0 saturated carbocycles. The standard InChI is InChI=1S/C14H11F2IN4O2/c1-21-5-7(11(20-21)13(15)16)6-23-14(22)12-9-4-8(17)2-3-10(9)18-19-12/h2-5,13H,6H2,1H3,(H,18,19). The molecule has 23 heavy (non-hydrogen) atoms. The number of fused-ring (bicyclic) bond motifs is 1. The van der Waals surface area contributed by atoms with Gasteiger partial charge in [-0.3, -0.25) is 9.78 Å². The topological polar surface area (TPSA) is 72.8 Å². The first-order chi connectivity index (χ1) is 11.0. The molecule has 0 aliphatic rings. The van der Waals surface area contributed by atoms with E-state index in [1.54, 1.807) is 12.1 Å². The number of rotatable bonds is 4. The van der Waals surface area contributed by atoms with Crippen LogP contribution in [0.25, 0.3) is 10.9 Å². The van der Waals surface area contributed by atoms with Gasteiger partial charge >= 0.3 is 5.97 Å². The number of hydrogen-bond acceptors (Lipinski definition) is 4. The van der Waals surface area contributed by atoms with E-state index in [1.165, 1.54) is 17.9 Å². The Hall–Kier alpha value is -2.04. The SMILES string of the molecule is Cn1cc(COC(=O)c2n[nH]c3ccc(I)cc23)c(C(F)F)n1. The number of benzene rings is 1. The van der Waals surface area contributed by atoms with Gasteiger partial charge in [0.05, 0.1) is 5.52 Å².